The summed E-state index contributed by atoms with van der Waals surface area (Å²) in [4.78, 5) is 13.0. The van der Waals surface area contributed by atoms with Crippen molar-refractivity contribution in [1.29, 1.82) is 0 Å². The smallest absolute Gasteiger partial charge is 0.306 e. The number of sulfonamides is 1. The van der Waals surface area contributed by atoms with Gasteiger partial charge in [-0.3, -0.25) is 4.79 Å². The quantitative estimate of drug-likeness (QED) is 0.207. The highest BCUT2D eigenvalue weighted by atomic mass is 32.2. The first-order valence-electron chi connectivity index (χ1n) is 14.7. The molecule has 1 unspecified atom stereocenters. The standard InChI is InChI=1S/C33H40FN3O5S.H3N/c1-6-42-31(38)17-26(22-14-27(35)33(36-4)29(15-22)41-5)24-10-7-20(3)32-25(24)11-12-28(32)37-18-19(2)13-21-8-9-23(34)16-30(21)43(37,39)40;/h7-10,14-16,19,26,28,36H,6,11-13,17-18,35H2,1-5H3;1H3/t19-,26?,28+;/m0./s1. The van der Waals surface area contributed by atoms with Gasteiger partial charge in [-0.05, 0) is 96.7 Å². The van der Waals surface area contributed by atoms with Gasteiger partial charge < -0.3 is 26.7 Å². The SMILES string of the molecule is CCOC(=O)CC(c1cc(N)c(NC)c(OC)c1)c1ccc(C)c2c1CC[C@H]2N1C[C@@H](C)Cc2ccc(F)cc2S1(=O)=O.N. The van der Waals surface area contributed by atoms with E-state index in [0.29, 0.717) is 48.5 Å². The molecule has 6 N–H and O–H groups in total. The van der Waals surface area contributed by atoms with Crippen molar-refractivity contribution >= 4 is 27.4 Å². The zero-order valence-electron chi connectivity index (χ0n) is 26.1. The van der Waals surface area contributed by atoms with Crippen molar-refractivity contribution in [2.75, 3.05) is 38.4 Å². The van der Waals surface area contributed by atoms with Crippen LogP contribution in [0.5, 0.6) is 5.75 Å². The van der Waals surface area contributed by atoms with Gasteiger partial charge in [0.05, 0.1) is 42.4 Å². The number of methoxy groups -OCH3 is 1. The lowest BCUT2D eigenvalue weighted by Gasteiger charge is -2.30. The summed E-state index contributed by atoms with van der Waals surface area (Å²) >= 11 is 0. The van der Waals surface area contributed by atoms with Crippen LogP contribution in [-0.4, -0.2) is 46.0 Å². The average molecular weight is 627 g/mol. The fraction of sp³-hybridized carbons (Fsp3) is 0.424. The van der Waals surface area contributed by atoms with Crippen LogP contribution in [0.4, 0.5) is 15.8 Å². The summed E-state index contributed by atoms with van der Waals surface area (Å²) in [5.74, 6) is -0.698. The first kappa shape index (κ1) is 33.2. The molecule has 11 heteroatoms. The number of nitrogens with one attached hydrogen (secondary N) is 1. The number of ether oxygens (including phenoxy) is 2. The summed E-state index contributed by atoms with van der Waals surface area (Å²) in [5, 5.41) is 3.07. The van der Waals surface area contributed by atoms with E-state index in [1.165, 1.54) is 6.07 Å². The number of nitrogens with zero attached hydrogens (tertiary/aromatic N) is 1. The Balaban J connectivity index is 0.00000442. The maximum absolute atomic E-state index is 14.3. The Morgan fingerprint density at radius 2 is 1.95 bits per heavy atom. The monoisotopic (exact) mass is 626 g/mol. The molecule has 1 aliphatic heterocycles. The highest BCUT2D eigenvalue weighted by Crippen LogP contribution is 2.47. The van der Waals surface area contributed by atoms with Gasteiger partial charge in [0.25, 0.3) is 0 Å². The van der Waals surface area contributed by atoms with Crippen LogP contribution in [0.25, 0.3) is 0 Å². The molecule has 0 bridgehead atoms. The molecule has 0 radical (unpaired) electrons. The molecular weight excluding hydrogens is 583 g/mol. The zero-order chi connectivity index (χ0) is 31.1. The average Bonchev–Trinajstić information content (AvgIpc) is 3.37. The highest BCUT2D eigenvalue weighted by Gasteiger charge is 2.42. The van der Waals surface area contributed by atoms with Crippen molar-refractivity contribution in [3.8, 4) is 5.75 Å². The number of benzene rings is 3. The first-order chi connectivity index (χ1) is 20.5. The van der Waals surface area contributed by atoms with E-state index in [-0.39, 0.29) is 36.0 Å². The lowest BCUT2D eigenvalue weighted by atomic mass is 9.83. The largest absolute Gasteiger partial charge is 0.494 e. The van der Waals surface area contributed by atoms with Crippen LogP contribution in [0.2, 0.25) is 0 Å². The lowest BCUT2D eigenvalue weighted by Crippen LogP contribution is -2.36. The topological polar surface area (TPSA) is 146 Å². The van der Waals surface area contributed by atoms with E-state index in [1.807, 2.05) is 38.1 Å². The Hall–Kier alpha value is -3.67. The van der Waals surface area contributed by atoms with Crippen molar-refractivity contribution in [1.82, 2.24) is 10.5 Å². The highest BCUT2D eigenvalue weighted by molar-refractivity contribution is 7.89. The number of rotatable bonds is 8. The van der Waals surface area contributed by atoms with Crippen LogP contribution in [0.3, 0.4) is 0 Å². The summed E-state index contributed by atoms with van der Waals surface area (Å²) in [7, 11) is -0.637. The van der Waals surface area contributed by atoms with E-state index in [0.717, 1.165) is 33.9 Å². The molecule has 3 aromatic rings. The minimum absolute atomic E-state index is 0. The number of halogens is 1. The number of nitrogens with two attached hydrogens (primary N) is 1. The van der Waals surface area contributed by atoms with Gasteiger partial charge in [-0.25, -0.2) is 12.8 Å². The van der Waals surface area contributed by atoms with Gasteiger partial charge in [-0.2, -0.15) is 4.31 Å². The molecule has 9 nitrogen and oxygen atoms in total. The van der Waals surface area contributed by atoms with E-state index < -0.39 is 27.8 Å². The third kappa shape index (κ3) is 6.00. The summed E-state index contributed by atoms with van der Waals surface area (Å²) in [5.41, 5.74) is 12.9. The summed E-state index contributed by atoms with van der Waals surface area (Å²) in [6, 6.07) is 11.4. The summed E-state index contributed by atoms with van der Waals surface area (Å²) < 4.78 is 55.1. The van der Waals surface area contributed by atoms with Gasteiger partial charge in [0, 0.05) is 19.5 Å². The Bertz CT molecular complexity index is 1660. The van der Waals surface area contributed by atoms with Crippen LogP contribution in [0, 0.1) is 18.7 Å². The van der Waals surface area contributed by atoms with Crippen LogP contribution >= 0.6 is 0 Å². The van der Waals surface area contributed by atoms with Gasteiger partial charge >= 0.3 is 5.97 Å². The lowest BCUT2D eigenvalue weighted by molar-refractivity contribution is -0.143. The molecule has 5 rings (SSSR count). The molecule has 0 aromatic heterocycles. The summed E-state index contributed by atoms with van der Waals surface area (Å²) in [6.07, 6.45) is 1.85. The third-order valence-corrected chi connectivity index (χ3v) is 10.7. The van der Waals surface area contributed by atoms with E-state index in [1.54, 1.807) is 31.5 Å². The van der Waals surface area contributed by atoms with Crippen molar-refractivity contribution < 1.29 is 27.1 Å². The predicted octanol–water partition coefficient (Wildman–Crippen LogP) is 5.88. The van der Waals surface area contributed by atoms with Crippen LogP contribution in [-0.2, 0) is 32.4 Å². The number of anilines is 2. The molecule has 0 fully saturated rings. The molecule has 0 spiro atoms. The number of esters is 1. The van der Waals surface area contributed by atoms with E-state index >= 15 is 0 Å². The van der Waals surface area contributed by atoms with Crippen molar-refractivity contribution in [3.05, 3.63) is 81.7 Å². The first-order valence-corrected chi connectivity index (χ1v) is 16.2. The molecule has 1 aliphatic carbocycles. The second-order valence-electron chi connectivity index (χ2n) is 11.6. The Labute approximate surface area is 259 Å². The minimum Gasteiger partial charge on any atom is -0.494 e. The Morgan fingerprint density at radius 1 is 1.20 bits per heavy atom. The molecule has 1 heterocycles. The fourth-order valence-electron chi connectivity index (χ4n) is 6.87. The summed E-state index contributed by atoms with van der Waals surface area (Å²) in [6.45, 7) is 6.39. The number of aryl methyl sites for hydroxylation is 1. The van der Waals surface area contributed by atoms with E-state index in [2.05, 4.69) is 5.32 Å². The second-order valence-corrected chi connectivity index (χ2v) is 13.4. The molecule has 0 amide bonds. The number of carbonyl (C=O) groups excluding carboxylic acids is 1. The molecule has 0 saturated carbocycles. The van der Waals surface area contributed by atoms with Gasteiger partial charge in [-0.1, -0.05) is 25.1 Å². The van der Waals surface area contributed by atoms with Crippen molar-refractivity contribution in [2.45, 2.75) is 63.3 Å². The molecule has 2 aliphatic rings. The second kappa shape index (κ2) is 13.1. The Morgan fingerprint density at radius 3 is 2.64 bits per heavy atom. The van der Waals surface area contributed by atoms with Gasteiger partial charge in [-0.15, -0.1) is 0 Å². The third-order valence-electron chi connectivity index (χ3n) is 8.71. The molecule has 44 heavy (non-hydrogen) atoms. The van der Waals surface area contributed by atoms with Crippen LogP contribution < -0.4 is 21.9 Å². The zero-order valence-corrected chi connectivity index (χ0v) is 26.9. The van der Waals surface area contributed by atoms with Gasteiger partial charge in [0.1, 0.15) is 11.6 Å². The van der Waals surface area contributed by atoms with Crippen molar-refractivity contribution in [3.63, 3.8) is 0 Å². The molecule has 3 atom stereocenters. The maximum atomic E-state index is 14.3. The van der Waals surface area contributed by atoms with Crippen LogP contribution in [0.1, 0.15) is 72.0 Å². The van der Waals surface area contributed by atoms with E-state index in [9.17, 15) is 17.6 Å². The van der Waals surface area contributed by atoms with Crippen molar-refractivity contribution in [2.24, 2.45) is 5.92 Å². The molecule has 238 valence electrons. The maximum Gasteiger partial charge on any atom is 0.306 e. The number of carbonyl (C=O) groups is 1. The number of hydrogen-bond donors (Lipinski definition) is 3. The normalized spacial score (nSPS) is 19.6. The van der Waals surface area contributed by atoms with Gasteiger partial charge in [0.2, 0.25) is 10.0 Å². The number of fused-ring (bicyclic) bond motifs is 2. The molecule has 3 aromatic carbocycles. The van der Waals surface area contributed by atoms with E-state index in [4.69, 9.17) is 15.2 Å². The minimum atomic E-state index is -3.97. The fourth-order valence-corrected chi connectivity index (χ4v) is 8.86. The molecular formula is C33H43FN4O5S. The van der Waals surface area contributed by atoms with Crippen LogP contribution in [0.15, 0.2) is 47.4 Å². The Kier molecular flexibility index (Phi) is 9.92. The number of hydrogen-bond acceptors (Lipinski definition) is 8. The molecule has 0 saturated heterocycles. The predicted molar refractivity (Wildman–Crippen MR) is 170 cm³/mol. The number of nitrogen functional groups attached to an aromatic ring is 1. The van der Waals surface area contributed by atoms with Gasteiger partial charge in [0.15, 0.2) is 0 Å².